The highest BCUT2D eigenvalue weighted by molar-refractivity contribution is 7.99. The summed E-state index contributed by atoms with van der Waals surface area (Å²) in [5.41, 5.74) is 0. The van der Waals surface area contributed by atoms with Gasteiger partial charge in [-0.15, -0.1) is 18.2 Å². The molecule has 2 rings (SSSR count). The molecule has 19 heavy (non-hydrogen) atoms. The average Bonchev–Trinajstić information content (AvgIpc) is 2.46. The van der Waals surface area contributed by atoms with E-state index in [2.05, 4.69) is 16.2 Å². The lowest BCUT2D eigenvalue weighted by Crippen LogP contribution is -2.06. The molecular formula is C15H16N2OS. The van der Waals surface area contributed by atoms with Crippen molar-refractivity contribution in [3.63, 3.8) is 0 Å². The zero-order chi connectivity index (χ0) is 13.5. The lowest BCUT2D eigenvalue weighted by molar-refractivity contribution is 0.420. The Labute approximate surface area is 117 Å². The SMILES string of the molecule is C#CCSCCNc1nccc2c(OC)cccc12. The summed E-state index contributed by atoms with van der Waals surface area (Å²) in [6.45, 7) is 0.843. The molecule has 0 radical (unpaired) electrons. The number of anilines is 1. The third-order valence-corrected chi connectivity index (χ3v) is 3.57. The highest BCUT2D eigenvalue weighted by atomic mass is 32.2. The van der Waals surface area contributed by atoms with Crippen LogP contribution in [-0.4, -0.2) is 30.1 Å². The summed E-state index contributed by atoms with van der Waals surface area (Å²) >= 11 is 1.73. The van der Waals surface area contributed by atoms with Crippen molar-refractivity contribution in [2.45, 2.75) is 0 Å². The van der Waals surface area contributed by atoms with Gasteiger partial charge >= 0.3 is 0 Å². The molecule has 2 aromatic rings. The summed E-state index contributed by atoms with van der Waals surface area (Å²) in [7, 11) is 1.68. The summed E-state index contributed by atoms with van der Waals surface area (Å²) in [6.07, 6.45) is 7.00. The molecule has 1 aromatic heterocycles. The minimum Gasteiger partial charge on any atom is -0.496 e. The fraction of sp³-hybridized carbons (Fsp3) is 0.267. The molecule has 0 bridgehead atoms. The van der Waals surface area contributed by atoms with Crippen LogP contribution in [0, 0.1) is 12.3 Å². The average molecular weight is 272 g/mol. The van der Waals surface area contributed by atoms with Gasteiger partial charge in [0.25, 0.3) is 0 Å². The Morgan fingerprint density at radius 2 is 2.26 bits per heavy atom. The summed E-state index contributed by atoms with van der Waals surface area (Å²) in [5.74, 6) is 6.08. The van der Waals surface area contributed by atoms with E-state index in [9.17, 15) is 0 Å². The van der Waals surface area contributed by atoms with E-state index < -0.39 is 0 Å². The number of terminal acetylenes is 1. The van der Waals surface area contributed by atoms with Gasteiger partial charge in [-0.05, 0) is 12.1 Å². The van der Waals surface area contributed by atoms with E-state index in [1.54, 1.807) is 25.1 Å². The Balaban J connectivity index is 2.13. The van der Waals surface area contributed by atoms with Crippen molar-refractivity contribution in [3.05, 3.63) is 30.5 Å². The Bertz CT molecular complexity index is 592. The molecular weight excluding hydrogens is 256 g/mol. The van der Waals surface area contributed by atoms with Gasteiger partial charge in [0, 0.05) is 29.3 Å². The maximum atomic E-state index is 5.36. The number of pyridine rings is 1. The second-order valence-electron chi connectivity index (χ2n) is 3.90. The molecule has 4 heteroatoms. The zero-order valence-electron chi connectivity index (χ0n) is 10.8. The number of thioether (sulfide) groups is 1. The molecule has 0 atom stereocenters. The molecule has 1 heterocycles. The lowest BCUT2D eigenvalue weighted by Gasteiger charge is -2.10. The molecule has 0 spiro atoms. The summed E-state index contributed by atoms with van der Waals surface area (Å²) in [5, 5.41) is 5.48. The second-order valence-corrected chi connectivity index (χ2v) is 5.00. The number of benzene rings is 1. The number of nitrogens with one attached hydrogen (secondary N) is 1. The van der Waals surface area contributed by atoms with Gasteiger partial charge in [0.15, 0.2) is 0 Å². The molecule has 0 saturated heterocycles. The molecule has 0 aliphatic heterocycles. The van der Waals surface area contributed by atoms with Crippen molar-refractivity contribution >= 4 is 28.4 Å². The van der Waals surface area contributed by atoms with Gasteiger partial charge in [-0.3, -0.25) is 0 Å². The van der Waals surface area contributed by atoms with Crippen molar-refractivity contribution < 1.29 is 4.74 Å². The van der Waals surface area contributed by atoms with Crippen LogP contribution in [0.25, 0.3) is 10.8 Å². The van der Waals surface area contributed by atoms with Crippen molar-refractivity contribution in [2.24, 2.45) is 0 Å². The fourth-order valence-corrected chi connectivity index (χ4v) is 2.38. The summed E-state index contributed by atoms with van der Waals surface area (Å²) in [4.78, 5) is 4.38. The Morgan fingerprint density at radius 3 is 3.05 bits per heavy atom. The highest BCUT2D eigenvalue weighted by Crippen LogP contribution is 2.28. The molecule has 0 unspecified atom stereocenters. The maximum Gasteiger partial charge on any atom is 0.133 e. The van der Waals surface area contributed by atoms with Gasteiger partial charge in [0.2, 0.25) is 0 Å². The highest BCUT2D eigenvalue weighted by Gasteiger charge is 2.05. The third kappa shape index (κ3) is 3.33. The van der Waals surface area contributed by atoms with Crippen molar-refractivity contribution in [1.29, 1.82) is 0 Å². The van der Waals surface area contributed by atoms with Crippen LogP contribution >= 0.6 is 11.8 Å². The number of ether oxygens (including phenoxy) is 1. The number of rotatable bonds is 6. The normalized spacial score (nSPS) is 10.1. The van der Waals surface area contributed by atoms with E-state index in [1.807, 2.05) is 24.3 Å². The largest absolute Gasteiger partial charge is 0.496 e. The first-order valence-corrected chi connectivity index (χ1v) is 7.19. The molecule has 1 aromatic carbocycles. The van der Waals surface area contributed by atoms with E-state index in [0.29, 0.717) is 0 Å². The molecule has 0 aliphatic carbocycles. The molecule has 0 aliphatic rings. The van der Waals surface area contributed by atoms with Crippen LogP contribution in [-0.2, 0) is 0 Å². The number of methoxy groups -OCH3 is 1. The van der Waals surface area contributed by atoms with Crippen LogP contribution in [0.4, 0.5) is 5.82 Å². The Hall–Kier alpha value is -1.86. The molecule has 0 fully saturated rings. The first-order chi connectivity index (χ1) is 9.36. The molecule has 0 saturated carbocycles. The van der Waals surface area contributed by atoms with Gasteiger partial charge in [0.05, 0.1) is 12.9 Å². The van der Waals surface area contributed by atoms with E-state index in [0.717, 1.165) is 40.4 Å². The minimum absolute atomic E-state index is 0.748. The number of hydrogen-bond acceptors (Lipinski definition) is 4. The minimum atomic E-state index is 0.748. The van der Waals surface area contributed by atoms with Crippen molar-refractivity contribution in [2.75, 3.05) is 30.5 Å². The number of nitrogens with zero attached hydrogens (tertiary/aromatic N) is 1. The van der Waals surface area contributed by atoms with Crippen LogP contribution in [0.1, 0.15) is 0 Å². The monoisotopic (exact) mass is 272 g/mol. The maximum absolute atomic E-state index is 5.36. The predicted octanol–water partition coefficient (Wildman–Crippen LogP) is 3.02. The number of hydrogen-bond donors (Lipinski definition) is 1. The standard InChI is InChI=1S/C15H16N2OS/c1-3-10-19-11-9-17-15-13-5-4-6-14(18-2)12(13)7-8-16-15/h1,4-8H,9-11H2,2H3,(H,16,17). The smallest absolute Gasteiger partial charge is 0.133 e. The van der Waals surface area contributed by atoms with Crippen molar-refractivity contribution in [3.8, 4) is 18.1 Å². The van der Waals surface area contributed by atoms with Gasteiger partial charge in [-0.2, -0.15) is 0 Å². The van der Waals surface area contributed by atoms with Crippen LogP contribution < -0.4 is 10.1 Å². The quantitative estimate of drug-likeness (QED) is 0.647. The van der Waals surface area contributed by atoms with Gasteiger partial charge in [-0.1, -0.05) is 18.1 Å². The topological polar surface area (TPSA) is 34.2 Å². The van der Waals surface area contributed by atoms with Crippen molar-refractivity contribution in [1.82, 2.24) is 4.98 Å². The van der Waals surface area contributed by atoms with Crippen LogP contribution in [0.3, 0.4) is 0 Å². The van der Waals surface area contributed by atoms with Gasteiger partial charge in [0.1, 0.15) is 11.6 Å². The van der Waals surface area contributed by atoms with E-state index in [4.69, 9.17) is 11.2 Å². The molecule has 98 valence electrons. The van der Waals surface area contributed by atoms with Gasteiger partial charge in [-0.25, -0.2) is 4.98 Å². The Morgan fingerprint density at radius 1 is 1.37 bits per heavy atom. The van der Waals surface area contributed by atoms with E-state index in [-0.39, 0.29) is 0 Å². The molecule has 1 N–H and O–H groups in total. The lowest BCUT2D eigenvalue weighted by atomic mass is 10.1. The van der Waals surface area contributed by atoms with Crippen LogP contribution in [0.15, 0.2) is 30.5 Å². The first kappa shape index (κ1) is 13.6. The fourth-order valence-electron chi connectivity index (χ4n) is 1.87. The third-order valence-electron chi connectivity index (χ3n) is 2.71. The number of fused-ring (bicyclic) bond motifs is 1. The zero-order valence-corrected chi connectivity index (χ0v) is 11.7. The predicted molar refractivity (Wildman–Crippen MR) is 82.9 cm³/mol. The summed E-state index contributed by atoms with van der Waals surface area (Å²) in [6, 6.07) is 7.93. The van der Waals surface area contributed by atoms with Crippen LogP contribution in [0.2, 0.25) is 0 Å². The molecule has 0 amide bonds. The molecule has 3 nitrogen and oxygen atoms in total. The number of aromatic nitrogens is 1. The second kappa shape index (κ2) is 6.91. The van der Waals surface area contributed by atoms with E-state index in [1.165, 1.54) is 0 Å². The van der Waals surface area contributed by atoms with Gasteiger partial charge < -0.3 is 10.1 Å². The van der Waals surface area contributed by atoms with E-state index >= 15 is 0 Å². The van der Waals surface area contributed by atoms with Crippen LogP contribution in [0.5, 0.6) is 5.75 Å². The Kier molecular flexibility index (Phi) is 4.93. The summed E-state index contributed by atoms with van der Waals surface area (Å²) < 4.78 is 5.36. The first-order valence-electron chi connectivity index (χ1n) is 6.03.